The van der Waals surface area contributed by atoms with E-state index in [0.717, 1.165) is 43.9 Å². The summed E-state index contributed by atoms with van der Waals surface area (Å²) in [6.45, 7) is 0.582. The van der Waals surface area contributed by atoms with Crippen molar-refractivity contribution < 1.29 is 57.5 Å². The van der Waals surface area contributed by atoms with E-state index >= 15 is 0 Å². The monoisotopic (exact) mass is 1060 g/mol. The lowest BCUT2D eigenvalue weighted by molar-refractivity contribution is -0.0802. The summed E-state index contributed by atoms with van der Waals surface area (Å²) in [4.78, 5) is 7.90. The molecule has 0 spiro atoms. The molecule has 0 radical (unpaired) electrons. The fraction of sp³-hybridized carbons (Fsp3) is 0.588. The van der Waals surface area contributed by atoms with Crippen LogP contribution in [0.4, 0.5) is 11.6 Å². The van der Waals surface area contributed by atoms with Crippen molar-refractivity contribution in [3.8, 4) is 18.2 Å². The van der Waals surface area contributed by atoms with Gasteiger partial charge in [-0.05, 0) is 48.4 Å². The number of ether oxygens (including phenoxy) is 4. The number of benzene rings is 1. The number of nitrogen functional groups attached to an aromatic ring is 2. The molecule has 0 bridgehead atoms. The number of phosphoric ester groups is 1. The number of rotatable bonds is 31. The maximum Gasteiger partial charge on any atom is 0.475 e. The number of aliphatic hydroxyl groups excluding tert-OH is 4. The van der Waals surface area contributed by atoms with Crippen LogP contribution < -0.4 is 11.5 Å². The summed E-state index contributed by atoms with van der Waals surface area (Å²) >= 11 is 0. The Morgan fingerprint density at radius 3 is 1.59 bits per heavy atom. The van der Waals surface area contributed by atoms with E-state index in [-0.39, 0.29) is 36.2 Å². The molecular weight excluding hydrogens is 990 g/mol. The minimum Gasteiger partial charge on any atom is -0.387 e. The van der Waals surface area contributed by atoms with Crippen molar-refractivity contribution in [3.05, 3.63) is 83.7 Å². The maximum atomic E-state index is 14.9. The first-order valence-corrected chi connectivity index (χ1v) is 27.1. The van der Waals surface area contributed by atoms with E-state index in [1.54, 1.807) is 24.3 Å². The van der Waals surface area contributed by atoms with Crippen LogP contribution in [-0.2, 0) is 54.9 Å². The van der Waals surface area contributed by atoms with Gasteiger partial charge < -0.3 is 50.8 Å². The number of aliphatic hydroxyl groups is 4. The number of unbranched alkanes of at least 4 members (excludes halogenated alkanes) is 13. The number of nitrogens with two attached hydrogens (primary N) is 2. The molecule has 0 unspecified atom stereocenters. The van der Waals surface area contributed by atoms with Crippen LogP contribution in [0.1, 0.15) is 119 Å². The van der Waals surface area contributed by atoms with Crippen molar-refractivity contribution >= 4 is 30.5 Å². The van der Waals surface area contributed by atoms with Gasteiger partial charge in [-0.1, -0.05) is 103 Å². The summed E-state index contributed by atoms with van der Waals surface area (Å²) in [6.07, 6.45) is 7.79. The fourth-order valence-corrected chi connectivity index (χ4v) is 10.6. The van der Waals surface area contributed by atoms with E-state index in [1.807, 2.05) is 12.1 Å². The Bertz CT molecular complexity index is 2670. The van der Waals surface area contributed by atoms with E-state index < -0.39 is 81.6 Å². The molecular formula is C51H68N11O12P. The van der Waals surface area contributed by atoms with Crippen molar-refractivity contribution in [1.82, 2.24) is 29.2 Å². The highest BCUT2D eigenvalue weighted by atomic mass is 31.2. The van der Waals surface area contributed by atoms with Gasteiger partial charge in [0.05, 0.1) is 56.1 Å². The number of hydrogen-bond acceptors (Lipinski definition) is 21. The first-order valence-electron chi connectivity index (χ1n) is 25.6. The molecule has 2 saturated heterocycles. The highest BCUT2D eigenvalue weighted by Crippen LogP contribution is 2.52. The number of fused-ring (bicyclic) bond motifs is 2. The van der Waals surface area contributed by atoms with Crippen LogP contribution in [0.5, 0.6) is 0 Å². The molecule has 5 aromatic rings. The van der Waals surface area contributed by atoms with Crippen molar-refractivity contribution in [2.24, 2.45) is 0 Å². The van der Waals surface area contributed by atoms with Crippen molar-refractivity contribution in [1.29, 1.82) is 15.8 Å². The molecule has 404 valence electrons. The molecule has 24 heteroatoms. The van der Waals surface area contributed by atoms with E-state index in [1.165, 1.54) is 97.5 Å². The zero-order valence-electron chi connectivity index (χ0n) is 42.1. The maximum absolute atomic E-state index is 14.9. The normalized spacial score (nSPS) is 24.1. The van der Waals surface area contributed by atoms with E-state index in [0.29, 0.717) is 23.2 Å². The van der Waals surface area contributed by atoms with Crippen LogP contribution in [0.3, 0.4) is 0 Å². The Hall–Kier alpha value is -5.68. The van der Waals surface area contributed by atoms with Gasteiger partial charge in [-0.25, -0.2) is 23.6 Å². The number of phosphoric acid groups is 1. The molecule has 6 heterocycles. The lowest BCUT2D eigenvalue weighted by Gasteiger charge is -2.26. The molecule has 4 aromatic heterocycles. The smallest absolute Gasteiger partial charge is 0.387 e. The second-order valence-electron chi connectivity index (χ2n) is 18.9. The van der Waals surface area contributed by atoms with E-state index in [9.17, 15) is 40.8 Å². The van der Waals surface area contributed by atoms with Gasteiger partial charge in [-0.15, -0.1) is 0 Å². The Balaban J connectivity index is 1.03. The molecule has 9 atom stereocenters. The SMILES string of the molecule is CCCCCCCCCCCCCCCCOC[C@H](COP(=O)(OC[C@H]1O[C@@](C#N)(c2ccc3c(N)ncnn23)[C@H](O)[C@@H]1O)OC[C@H]1O[C@@](C#N)(c2ccc3c(N)ncnn23)[C@H](O)[C@@H]1O)OCc1ccc(C#N)cc1. The lowest BCUT2D eigenvalue weighted by atomic mass is 9.92. The third-order valence-corrected chi connectivity index (χ3v) is 15.1. The third kappa shape index (κ3) is 13.5. The van der Waals surface area contributed by atoms with Crippen LogP contribution >= 0.6 is 7.82 Å². The predicted molar refractivity (Wildman–Crippen MR) is 269 cm³/mol. The van der Waals surface area contributed by atoms with E-state index in [4.69, 9.17) is 44.0 Å². The zero-order valence-corrected chi connectivity index (χ0v) is 43.0. The Morgan fingerprint density at radius 1 is 0.667 bits per heavy atom. The molecule has 0 amide bonds. The molecule has 1 aromatic carbocycles. The minimum atomic E-state index is -4.93. The quantitative estimate of drug-likeness (QED) is 0.0238. The van der Waals surface area contributed by atoms with Gasteiger partial charge in [0.1, 0.15) is 78.6 Å². The van der Waals surface area contributed by atoms with Crippen molar-refractivity contribution in [2.45, 2.75) is 157 Å². The predicted octanol–water partition coefficient (Wildman–Crippen LogP) is 5.43. The number of anilines is 2. The fourth-order valence-electron chi connectivity index (χ4n) is 9.36. The van der Waals surface area contributed by atoms with Crippen LogP contribution in [0, 0.1) is 34.0 Å². The largest absolute Gasteiger partial charge is 0.475 e. The molecule has 75 heavy (non-hydrogen) atoms. The highest BCUT2D eigenvalue weighted by molar-refractivity contribution is 7.48. The summed E-state index contributed by atoms with van der Waals surface area (Å²) in [5.74, 6) is 0.145. The molecule has 0 saturated carbocycles. The first kappa shape index (κ1) is 57.0. The lowest BCUT2D eigenvalue weighted by Crippen LogP contribution is -2.41. The highest BCUT2D eigenvalue weighted by Gasteiger charge is 2.59. The third-order valence-electron chi connectivity index (χ3n) is 13.7. The van der Waals surface area contributed by atoms with Gasteiger partial charge in [0.25, 0.3) is 0 Å². The molecule has 23 nitrogen and oxygen atoms in total. The molecule has 8 N–H and O–H groups in total. The van der Waals surface area contributed by atoms with Crippen molar-refractivity contribution in [2.75, 3.05) is 44.5 Å². The van der Waals surface area contributed by atoms with Gasteiger partial charge in [-0.3, -0.25) is 13.6 Å². The van der Waals surface area contributed by atoms with Gasteiger partial charge in [0, 0.05) is 6.61 Å². The molecule has 7 rings (SSSR count). The summed E-state index contributed by atoms with van der Waals surface area (Å²) < 4.78 is 59.4. The minimum absolute atomic E-state index is 0.00647. The summed E-state index contributed by atoms with van der Waals surface area (Å²) in [5, 5.41) is 84.1. The topological polar surface area (TPSA) is 346 Å². The number of aromatic nitrogens is 6. The van der Waals surface area contributed by atoms with Crippen LogP contribution in [0.15, 0.2) is 61.2 Å². The first-order chi connectivity index (χ1) is 36.3. The van der Waals surface area contributed by atoms with Gasteiger partial charge in [0.2, 0.25) is 11.2 Å². The summed E-state index contributed by atoms with van der Waals surface area (Å²) in [5.41, 5.74) is 9.34. The Labute approximate surface area is 435 Å². The average Bonchev–Trinajstić information content (AvgIpc) is 4.21. The summed E-state index contributed by atoms with van der Waals surface area (Å²) in [7, 11) is -4.93. The van der Waals surface area contributed by atoms with Crippen LogP contribution in [0.25, 0.3) is 11.0 Å². The Kier molecular flexibility index (Phi) is 20.4. The molecule has 2 aliphatic heterocycles. The van der Waals surface area contributed by atoms with Gasteiger partial charge in [0.15, 0.2) is 11.6 Å². The number of nitrogens with zero attached hydrogens (tertiary/aromatic N) is 9. The van der Waals surface area contributed by atoms with Crippen LogP contribution in [0.2, 0.25) is 0 Å². The Morgan fingerprint density at radius 2 is 1.13 bits per heavy atom. The average molecular weight is 1060 g/mol. The second-order valence-corrected chi connectivity index (χ2v) is 20.6. The zero-order chi connectivity index (χ0) is 53.4. The van der Waals surface area contributed by atoms with Crippen LogP contribution in [-0.4, -0.2) is 125 Å². The number of hydrogen-bond donors (Lipinski definition) is 6. The van der Waals surface area contributed by atoms with Gasteiger partial charge in [-0.2, -0.15) is 26.0 Å². The molecule has 2 fully saturated rings. The second kappa shape index (κ2) is 26.9. The van der Waals surface area contributed by atoms with Crippen molar-refractivity contribution in [3.63, 3.8) is 0 Å². The molecule has 2 aliphatic rings. The molecule has 0 aliphatic carbocycles. The number of nitriles is 3. The standard InChI is InChI=1S/C51H68N11O12P/c1-2-3-4-5-6-7-8-9-10-11-12-13-14-15-24-68-27-37(69-26-36-18-16-35(25-52)17-19-36)28-70-75(67,71-29-40-44(63)46(65)50(31-53,73-40)42-22-20-38-48(55)57-33-59-61(38)42)72-30-41-45(64)47(66)51(32-54,74-41)43-23-21-39-49(56)58-34-60-62(39)43/h16-23,33-34,37,40-41,44-47,63-66H,2-15,24,26-30H2,1H3,(H2,55,57,59)(H2,56,58,60)/t37-,40-,41-,44-,45-,46-,47-,50+,51+/m1/s1. The van der Waals surface area contributed by atoms with E-state index in [2.05, 4.69) is 33.2 Å². The summed E-state index contributed by atoms with van der Waals surface area (Å²) in [6, 6.07) is 18.6. The van der Waals surface area contributed by atoms with Gasteiger partial charge >= 0.3 is 7.82 Å².